The smallest absolute Gasteiger partial charge is 0.321 e. The van der Waals surface area contributed by atoms with Crippen LogP contribution in [0.15, 0.2) is 54.6 Å². The van der Waals surface area contributed by atoms with Crippen LogP contribution in [0.3, 0.4) is 0 Å². The minimum Gasteiger partial charge on any atom is -0.353 e. The van der Waals surface area contributed by atoms with Gasteiger partial charge in [0, 0.05) is 48.7 Å². The Labute approximate surface area is 190 Å². The molecule has 1 aliphatic rings. The maximum atomic E-state index is 12.7. The van der Waals surface area contributed by atoms with Gasteiger partial charge in [-0.2, -0.15) is 0 Å². The Morgan fingerprint density at radius 3 is 2.19 bits per heavy atom. The molecule has 0 atom stereocenters. The van der Waals surface area contributed by atoms with Gasteiger partial charge in [-0.25, -0.2) is 14.8 Å². The Balaban J connectivity index is 1.51. The van der Waals surface area contributed by atoms with Gasteiger partial charge in [0.25, 0.3) is 0 Å². The lowest BCUT2D eigenvalue weighted by Gasteiger charge is -2.37. The highest BCUT2D eigenvalue weighted by molar-refractivity contribution is 5.89. The number of rotatable bonds is 4. The molecule has 0 radical (unpaired) electrons. The number of nitrogens with zero attached hydrogens (tertiary/aromatic N) is 4. The number of hydrogen-bond donors (Lipinski definition) is 1. The molecule has 3 aromatic rings. The van der Waals surface area contributed by atoms with Gasteiger partial charge in [0.1, 0.15) is 5.82 Å². The zero-order valence-corrected chi connectivity index (χ0v) is 19.3. The van der Waals surface area contributed by atoms with Crippen LogP contribution in [0.1, 0.15) is 36.6 Å². The van der Waals surface area contributed by atoms with E-state index in [0.29, 0.717) is 19.0 Å². The van der Waals surface area contributed by atoms with Crippen LogP contribution in [0.5, 0.6) is 0 Å². The number of carbonyl (C=O) groups excluding carboxylic acids is 1. The van der Waals surface area contributed by atoms with Gasteiger partial charge in [0.05, 0.1) is 0 Å². The minimum atomic E-state index is -0.0542. The first kappa shape index (κ1) is 21.8. The second-order valence-corrected chi connectivity index (χ2v) is 8.66. The summed E-state index contributed by atoms with van der Waals surface area (Å²) in [4.78, 5) is 26.7. The van der Waals surface area contributed by atoms with Crippen molar-refractivity contribution in [3.63, 3.8) is 0 Å². The number of aromatic nitrogens is 2. The summed E-state index contributed by atoms with van der Waals surface area (Å²) in [5, 5.41) is 3.01. The van der Waals surface area contributed by atoms with Gasteiger partial charge in [0.2, 0.25) is 0 Å². The lowest BCUT2D eigenvalue weighted by atomic mass is 10.0. The standard InChI is InChI=1S/C26H31N5O/c1-18(2)23-20(4)27-24(21-8-6-5-7-9-21)29-25(23)30-14-16-31(17-15-30)26(32)28-22-12-10-19(3)11-13-22/h5-13,18H,14-17H2,1-4H3,(H,28,32). The van der Waals surface area contributed by atoms with Crippen LogP contribution in [0.4, 0.5) is 16.3 Å². The lowest BCUT2D eigenvalue weighted by molar-refractivity contribution is 0.208. The van der Waals surface area contributed by atoms with Crippen molar-refractivity contribution < 1.29 is 4.79 Å². The number of aryl methyl sites for hydroxylation is 2. The monoisotopic (exact) mass is 429 g/mol. The first-order valence-electron chi connectivity index (χ1n) is 11.2. The summed E-state index contributed by atoms with van der Waals surface area (Å²) in [6.07, 6.45) is 0. The number of anilines is 2. The molecule has 32 heavy (non-hydrogen) atoms. The van der Waals surface area contributed by atoms with Crippen molar-refractivity contribution in [2.75, 3.05) is 36.4 Å². The molecule has 0 spiro atoms. The zero-order valence-electron chi connectivity index (χ0n) is 19.3. The van der Waals surface area contributed by atoms with E-state index >= 15 is 0 Å². The molecule has 1 fully saturated rings. The van der Waals surface area contributed by atoms with E-state index < -0.39 is 0 Å². The molecule has 2 aromatic carbocycles. The largest absolute Gasteiger partial charge is 0.353 e. The van der Waals surface area contributed by atoms with Crippen LogP contribution in [0.25, 0.3) is 11.4 Å². The summed E-state index contributed by atoms with van der Waals surface area (Å²) < 4.78 is 0. The van der Waals surface area contributed by atoms with E-state index in [2.05, 4.69) is 31.0 Å². The topological polar surface area (TPSA) is 61.4 Å². The van der Waals surface area contributed by atoms with Crippen LogP contribution in [-0.2, 0) is 0 Å². The van der Waals surface area contributed by atoms with Crippen molar-refractivity contribution in [1.82, 2.24) is 14.9 Å². The number of nitrogens with one attached hydrogen (secondary N) is 1. The third-order valence-corrected chi connectivity index (χ3v) is 5.89. The quantitative estimate of drug-likeness (QED) is 0.616. The molecule has 0 aliphatic carbocycles. The molecule has 1 N–H and O–H groups in total. The van der Waals surface area contributed by atoms with E-state index in [1.165, 1.54) is 11.1 Å². The molecule has 1 aliphatic heterocycles. The van der Waals surface area contributed by atoms with E-state index in [-0.39, 0.29) is 6.03 Å². The van der Waals surface area contributed by atoms with E-state index in [1.807, 2.05) is 66.4 Å². The van der Waals surface area contributed by atoms with Crippen LogP contribution < -0.4 is 10.2 Å². The Kier molecular flexibility index (Phi) is 6.40. The second-order valence-electron chi connectivity index (χ2n) is 8.66. The summed E-state index contributed by atoms with van der Waals surface area (Å²) in [6.45, 7) is 11.3. The fourth-order valence-corrected chi connectivity index (χ4v) is 4.16. The third-order valence-electron chi connectivity index (χ3n) is 5.89. The van der Waals surface area contributed by atoms with Crippen LogP contribution >= 0.6 is 0 Å². The van der Waals surface area contributed by atoms with Gasteiger partial charge in [-0.15, -0.1) is 0 Å². The first-order valence-corrected chi connectivity index (χ1v) is 11.2. The number of benzene rings is 2. The molecule has 2 amide bonds. The molecule has 6 heteroatoms. The minimum absolute atomic E-state index is 0.0542. The zero-order chi connectivity index (χ0) is 22.7. The molecule has 166 valence electrons. The second kappa shape index (κ2) is 9.39. The molecule has 4 rings (SSSR count). The molecular formula is C26H31N5O. The third kappa shape index (κ3) is 4.74. The van der Waals surface area contributed by atoms with Gasteiger partial charge in [-0.1, -0.05) is 61.9 Å². The summed E-state index contributed by atoms with van der Waals surface area (Å²) in [6, 6.07) is 17.9. The van der Waals surface area contributed by atoms with E-state index in [9.17, 15) is 4.79 Å². The maximum Gasteiger partial charge on any atom is 0.321 e. The average Bonchev–Trinajstić information content (AvgIpc) is 2.80. The fraction of sp³-hybridized carbons (Fsp3) is 0.346. The van der Waals surface area contributed by atoms with Crippen molar-refractivity contribution in [3.8, 4) is 11.4 Å². The molecule has 6 nitrogen and oxygen atoms in total. The van der Waals surface area contributed by atoms with Crippen molar-refractivity contribution in [1.29, 1.82) is 0 Å². The lowest BCUT2D eigenvalue weighted by Crippen LogP contribution is -2.50. The number of piperazine rings is 1. The van der Waals surface area contributed by atoms with Gasteiger partial charge in [-0.3, -0.25) is 0 Å². The first-order chi connectivity index (χ1) is 15.4. The summed E-state index contributed by atoms with van der Waals surface area (Å²) >= 11 is 0. The van der Waals surface area contributed by atoms with Gasteiger partial charge in [-0.05, 0) is 31.9 Å². The summed E-state index contributed by atoms with van der Waals surface area (Å²) in [5.74, 6) is 2.06. The normalized spacial score (nSPS) is 14.0. The molecule has 0 unspecified atom stereocenters. The Morgan fingerprint density at radius 2 is 1.56 bits per heavy atom. The Hall–Kier alpha value is -3.41. The van der Waals surface area contributed by atoms with Crippen LogP contribution in [0, 0.1) is 13.8 Å². The SMILES string of the molecule is Cc1ccc(NC(=O)N2CCN(c3nc(-c4ccccc4)nc(C)c3C(C)C)CC2)cc1. The van der Waals surface area contributed by atoms with Gasteiger partial charge >= 0.3 is 6.03 Å². The number of hydrogen-bond acceptors (Lipinski definition) is 4. The number of urea groups is 1. The van der Waals surface area contributed by atoms with Crippen molar-refractivity contribution in [2.45, 2.75) is 33.6 Å². The molecule has 1 aromatic heterocycles. The highest BCUT2D eigenvalue weighted by atomic mass is 16.2. The fourth-order valence-electron chi connectivity index (χ4n) is 4.16. The van der Waals surface area contributed by atoms with Crippen LogP contribution in [-0.4, -0.2) is 47.1 Å². The number of carbonyl (C=O) groups is 1. The predicted octanol–water partition coefficient (Wildman–Crippen LogP) is 5.24. The van der Waals surface area contributed by atoms with Crippen molar-refractivity contribution in [3.05, 3.63) is 71.4 Å². The summed E-state index contributed by atoms with van der Waals surface area (Å²) in [7, 11) is 0. The molecule has 1 saturated heterocycles. The molecule has 0 bridgehead atoms. The maximum absolute atomic E-state index is 12.7. The van der Waals surface area contributed by atoms with E-state index in [1.54, 1.807) is 0 Å². The van der Waals surface area contributed by atoms with E-state index in [0.717, 1.165) is 41.7 Å². The highest BCUT2D eigenvalue weighted by Gasteiger charge is 2.26. The van der Waals surface area contributed by atoms with Crippen molar-refractivity contribution in [2.24, 2.45) is 0 Å². The molecule has 2 heterocycles. The van der Waals surface area contributed by atoms with E-state index in [4.69, 9.17) is 9.97 Å². The van der Waals surface area contributed by atoms with Gasteiger partial charge in [0.15, 0.2) is 5.82 Å². The summed E-state index contributed by atoms with van der Waals surface area (Å²) in [5.41, 5.74) is 5.21. The van der Waals surface area contributed by atoms with Crippen molar-refractivity contribution >= 4 is 17.5 Å². The Bertz CT molecular complexity index is 1070. The van der Waals surface area contributed by atoms with Crippen LogP contribution in [0.2, 0.25) is 0 Å². The predicted molar refractivity (Wildman–Crippen MR) is 130 cm³/mol. The molecule has 0 saturated carbocycles. The van der Waals surface area contributed by atoms with Gasteiger partial charge < -0.3 is 15.1 Å². The average molecular weight is 430 g/mol. The highest BCUT2D eigenvalue weighted by Crippen LogP contribution is 2.31. The molecular weight excluding hydrogens is 398 g/mol. The number of amides is 2. The Morgan fingerprint density at radius 1 is 0.906 bits per heavy atom.